The van der Waals surface area contributed by atoms with Crippen LogP contribution in [-0.4, -0.2) is 49.6 Å². The van der Waals surface area contributed by atoms with Crippen LogP contribution in [0.25, 0.3) is 0 Å². The van der Waals surface area contributed by atoms with Crippen LogP contribution < -0.4 is 4.74 Å². The second kappa shape index (κ2) is 9.23. The van der Waals surface area contributed by atoms with Gasteiger partial charge in [0.2, 0.25) is 0 Å². The van der Waals surface area contributed by atoms with Gasteiger partial charge in [0.05, 0.1) is 0 Å². The molecule has 1 heterocycles. The van der Waals surface area contributed by atoms with Gasteiger partial charge in [0, 0.05) is 31.2 Å². The average Bonchev–Trinajstić information content (AvgIpc) is 2.62. The van der Waals surface area contributed by atoms with Gasteiger partial charge in [-0.15, -0.1) is 0 Å². The van der Waals surface area contributed by atoms with Gasteiger partial charge in [-0.3, -0.25) is 0 Å². The molecule has 1 fully saturated rings. The Morgan fingerprint density at radius 1 is 0.960 bits per heavy atom. The summed E-state index contributed by atoms with van der Waals surface area (Å²) in [4.78, 5) is 4.97. The predicted molar refractivity (Wildman–Crippen MR) is 104 cm³/mol. The third-order valence-electron chi connectivity index (χ3n) is 4.73. The normalized spacial score (nSPS) is 16.1. The van der Waals surface area contributed by atoms with Gasteiger partial charge in [-0.05, 0) is 61.8 Å². The van der Waals surface area contributed by atoms with Crippen molar-refractivity contribution in [2.75, 3.05) is 39.8 Å². The van der Waals surface area contributed by atoms with E-state index >= 15 is 0 Å². The molecule has 0 aromatic heterocycles. The van der Waals surface area contributed by atoms with Gasteiger partial charge in [0.15, 0.2) is 0 Å². The molecule has 3 rings (SSSR count). The lowest BCUT2D eigenvalue weighted by atomic mass is 10.1. The van der Waals surface area contributed by atoms with Crippen LogP contribution in [0.5, 0.6) is 5.75 Å². The number of hydrogen-bond donors (Lipinski definition) is 0. The second-order valence-electron chi connectivity index (χ2n) is 6.81. The third kappa shape index (κ3) is 6.03. The molecule has 0 bridgehead atoms. The van der Waals surface area contributed by atoms with Crippen molar-refractivity contribution >= 4 is 11.6 Å². The van der Waals surface area contributed by atoms with Crippen LogP contribution in [0.2, 0.25) is 5.02 Å². The molecule has 4 heteroatoms. The van der Waals surface area contributed by atoms with Crippen LogP contribution in [0, 0.1) is 0 Å². The molecule has 0 unspecified atom stereocenters. The van der Waals surface area contributed by atoms with Gasteiger partial charge in [0.25, 0.3) is 0 Å². The second-order valence-corrected chi connectivity index (χ2v) is 7.25. The van der Waals surface area contributed by atoms with Crippen molar-refractivity contribution in [2.24, 2.45) is 0 Å². The molecular weight excluding hydrogens is 332 g/mol. The molecule has 0 aliphatic carbocycles. The first-order valence-corrected chi connectivity index (χ1v) is 9.44. The van der Waals surface area contributed by atoms with Gasteiger partial charge in [-0.2, -0.15) is 0 Å². The zero-order valence-corrected chi connectivity index (χ0v) is 15.7. The van der Waals surface area contributed by atoms with Gasteiger partial charge in [-0.1, -0.05) is 35.9 Å². The van der Waals surface area contributed by atoms with Gasteiger partial charge in [-0.25, -0.2) is 0 Å². The van der Waals surface area contributed by atoms with E-state index in [9.17, 15) is 0 Å². The quantitative estimate of drug-likeness (QED) is 0.741. The summed E-state index contributed by atoms with van der Waals surface area (Å²) in [5, 5.41) is 0.749. The van der Waals surface area contributed by atoms with E-state index in [0.29, 0.717) is 6.61 Å². The van der Waals surface area contributed by atoms with E-state index in [1.165, 1.54) is 44.7 Å². The molecule has 0 saturated carbocycles. The number of nitrogens with zero attached hydrogens (tertiary/aromatic N) is 2. The first-order valence-electron chi connectivity index (χ1n) is 9.06. The van der Waals surface area contributed by atoms with Crippen molar-refractivity contribution < 1.29 is 4.74 Å². The Labute approximate surface area is 156 Å². The Bertz CT molecular complexity index is 668. The summed E-state index contributed by atoms with van der Waals surface area (Å²) in [6.45, 7) is 6.49. The maximum absolute atomic E-state index is 6.02. The van der Waals surface area contributed by atoms with Crippen LogP contribution in [-0.2, 0) is 13.0 Å². The van der Waals surface area contributed by atoms with Crippen molar-refractivity contribution in [1.82, 2.24) is 9.80 Å². The SMILES string of the molecule is CN1CCN(CCCc2cccc(OCc3cccc(Cl)c3)c2)CC1. The lowest BCUT2D eigenvalue weighted by molar-refractivity contribution is 0.153. The van der Waals surface area contributed by atoms with Crippen molar-refractivity contribution in [3.05, 3.63) is 64.7 Å². The highest BCUT2D eigenvalue weighted by molar-refractivity contribution is 6.30. The summed E-state index contributed by atoms with van der Waals surface area (Å²) in [6.07, 6.45) is 2.29. The van der Waals surface area contributed by atoms with E-state index in [-0.39, 0.29) is 0 Å². The van der Waals surface area contributed by atoms with Crippen LogP contribution in [0.1, 0.15) is 17.5 Å². The molecule has 2 aromatic carbocycles. The minimum absolute atomic E-state index is 0.547. The molecule has 0 amide bonds. The first kappa shape index (κ1) is 18.2. The Kier molecular flexibility index (Phi) is 6.74. The first-order chi connectivity index (χ1) is 12.2. The lowest BCUT2D eigenvalue weighted by Gasteiger charge is -2.32. The Balaban J connectivity index is 1.44. The molecule has 1 aliphatic heterocycles. The number of likely N-dealkylation sites (N-methyl/N-ethyl adjacent to an activating group) is 1. The minimum atomic E-state index is 0.547. The smallest absolute Gasteiger partial charge is 0.120 e. The van der Waals surface area contributed by atoms with E-state index < -0.39 is 0 Å². The van der Waals surface area contributed by atoms with E-state index in [1.807, 2.05) is 30.3 Å². The molecule has 134 valence electrons. The molecule has 0 atom stereocenters. The number of aryl methyl sites for hydroxylation is 1. The van der Waals surface area contributed by atoms with Crippen molar-refractivity contribution in [1.29, 1.82) is 0 Å². The Morgan fingerprint density at radius 2 is 1.72 bits per heavy atom. The van der Waals surface area contributed by atoms with Gasteiger partial charge < -0.3 is 14.5 Å². The fraction of sp³-hybridized carbons (Fsp3) is 0.429. The van der Waals surface area contributed by atoms with Gasteiger partial charge >= 0.3 is 0 Å². The monoisotopic (exact) mass is 358 g/mol. The van der Waals surface area contributed by atoms with Crippen molar-refractivity contribution in [3.8, 4) is 5.75 Å². The standard InChI is InChI=1S/C21H27ClN2O/c1-23-11-13-24(14-12-23)10-4-7-18-5-3-9-21(16-18)25-17-19-6-2-8-20(22)15-19/h2-3,5-6,8-9,15-16H,4,7,10-14,17H2,1H3. The summed E-state index contributed by atoms with van der Waals surface area (Å²) in [6, 6.07) is 16.3. The molecule has 2 aromatic rings. The predicted octanol–water partition coefficient (Wildman–Crippen LogP) is 4.10. The molecule has 25 heavy (non-hydrogen) atoms. The van der Waals surface area contributed by atoms with Crippen LogP contribution in [0.3, 0.4) is 0 Å². The highest BCUT2D eigenvalue weighted by Crippen LogP contribution is 2.18. The number of halogens is 1. The molecule has 1 saturated heterocycles. The molecule has 0 N–H and O–H groups in total. The number of ether oxygens (including phenoxy) is 1. The molecular formula is C21H27ClN2O. The van der Waals surface area contributed by atoms with Crippen molar-refractivity contribution in [3.63, 3.8) is 0 Å². The Morgan fingerprint density at radius 3 is 2.52 bits per heavy atom. The zero-order valence-electron chi connectivity index (χ0n) is 15.0. The number of hydrogen-bond acceptors (Lipinski definition) is 3. The maximum Gasteiger partial charge on any atom is 0.120 e. The highest BCUT2D eigenvalue weighted by Gasteiger charge is 2.12. The molecule has 0 radical (unpaired) electrons. The minimum Gasteiger partial charge on any atom is -0.489 e. The summed E-state index contributed by atoms with van der Waals surface area (Å²) >= 11 is 6.02. The fourth-order valence-electron chi connectivity index (χ4n) is 3.16. The highest BCUT2D eigenvalue weighted by atomic mass is 35.5. The number of piperazine rings is 1. The average molecular weight is 359 g/mol. The topological polar surface area (TPSA) is 15.7 Å². The van der Waals surface area contributed by atoms with E-state index in [2.05, 4.69) is 35.0 Å². The third-order valence-corrected chi connectivity index (χ3v) is 4.96. The van der Waals surface area contributed by atoms with Crippen LogP contribution in [0.15, 0.2) is 48.5 Å². The number of rotatable bonds is 7. The maximum atomic E-state index is 6.02. The Hall–Kier alpha value is -1.55. The van der Waals surface area contributed by atoms with E-state index in [1.54, 1.807) is 0 Å². The lowest BCUT2D eigenvalue weighted by Crippen LogP contribution is -2.44. The van der Waals surface area contributed by atoms with Crippen LogP contribution >= 0.6 is 11.6 Å². The summed E-state index contributed by atoms with van der Waals surface area (Å²) in [7, 11) is 2.20. The van der Waals surface area contributed by atoms with E-state index in [0.717, 1.165) is 22.8 Å². The van der Waals surface area contributed by atoms with Crippen LogP contribution in [0.4, 0.5) is 0 Å². The molecule has 0 spiro atoms. The number of benzene rings is 2. The summed E-state index contributed by atoms with van der Waals surface area (Å²) in [5.41, 5.74) is 2.44. The molecule has 1 aliphatic rings. The van der Waals surface area contributed by atoms with E-state index in [4.69, 9.17) is 16.3 Å². The summed E-state index contributed by atoms with van der Waals surface area (Å²) < 4.78 is 5.92. The van der Waals surface area contributed by atoms with Gasteiger partial charge in [0.1, 0.15) is 12.4 Å². The summed E-state index contributed by atoms with van der Waals surface area (Å²) in [5.74, 6) is 0.928. The fourth-order valence-corrected chi connectivity index (χ4v) is 3.38. The zero-order chi connectivity index (χ0) is 17.5. The van der Waals surface area contributed by atoms with Crippen molar-refractivity contribution in [2.45, 2.75) is 19.4 Å². The largest absolute Gasteiger partial charge is 0.489 e. The molecule has 3 nitrogen and oxygen atoms in total.